The van der Waals surface area contributed by atoms with Gasteiger partial charge in [-0.15, -0.1) is 0 Å². The summed E-state index contributed by atoms with van der Waals surface area (Å²) in [6, 6.07) is 6.59. The van der Waals surface area contributed by atoms with Gasteiger partial charge >= 0.3 is 11.9 Å². The van der Waals surface area contributed by atoms with E-state index in [1.807, 2.05) is 0 Å². The second-order valence-corrected chi connectivity index (χ2v) is 4.23. The fourth-order valence-electron chi connectivity index (χ4n) is 1.88. The molecule has 2 rings (SSSR count). The van der Waals surface area contributed by atoms with E-state index in [-0.39, 0.29) is 30.0 Å². The van der Waals surface area contributed by atoms with Crippen LogP contribution in [0.2, 0.25) is 0 Å². The van der Waals surface area contributed by atoms with Crippen molar-refractivity contribution < 1.29 is 19.1 Å². The Morgan fingerprint density at radius 3 is 1.58 bits per heavy atom. The molecule has 97 valence electrons. The molecule has 0 aromatic heterocycles. The van der Waals surface area contributed by atoms with Gasteiger partial charge in [0.15, 0.2) is 0 Å². The number of carbonyl (C=O) groups is 2. The van der Waals surface area contributed by atoms with Crippen LogP contribution in [0.3, 0.4) is 0 Å². The van der Waals surface area contributed by atoms with Crippen molar-refractivity contribution in [2.24, 2.45) is 0 Å². The number of benzene rings is 1. The Morgan fingerprint density at radius 1 is 0.737 bits per heavy atom. The minimum atomic E-state index is -0.455. The SMILES string of the molecule is O=C1OCCCCCCOC(=O)c2ccccc21.[Li]. The molecule has 0 amide bonds. The summed E-state index contributed by atoms with van der Waals surface area (Å²) in [5.74, 6) is -0.911. The zero-order valence-corrected chi connectivity index (χ0v) is 11.2. The fraction of sp³-hybridized carbons (Fsp3) is 0.429. The van der Waals surface area contributed by atoms with Crippen molar-refractivity contribution in [2.75, 3.05) is 13.2 Å². The summed E-state index contributed by atoms with van der Waals surface area (Å²) in [4.78, 5) is 23.7. The summed E-state index contributed by atoms with van der Waals surface area (Å²) in [6.07, 6.45) is 3.66. The molecule has 0 fully saturated rings. The van der Waals surface area contributed by atoms with E-state index in [2.05, 4.69) is 0 Å². The number of ether oxygens (including phenoxy) is 2. The van der Waals surface area contributed by atoms with Gasteiger partial charge < -0.3 is 9.47 Å². The molecular formula is C14H16LiO4. The monoisotopic (exact) mass is 255 g/mol. The first kappa shape index (κ1) is 15.8. The third kappa shape index (κ3) is 4.41. The van der Waals surface area contributed by atoms with Gasteiger partial charge in [-0.05, 0) is 37.8 Å². The molecule has 1 aliphatic rings. The molecule has 1 aromatic carbocycles. The molecule has 1 radical (unpaired) electrons. The van der Waals surface area contributed by atoms with E-state index >= 15 is 0 Å². The first-order chi connectivity index (χ1) is 8.79. The van der Waals surface area contributed by atoms with Gasteiger partial charge in [0.05, 0.1) is 24.3 Å². The van der Waals surface area contributed by atoms with E-state index in [0.29, 0.717) is 13.2 Å². The maximum atomic E-state index is 11.8. The van der Waals surface area contributed by atoms with Crippen molar-refractivity contribution in [2.45, 2.75) is 25.7 Å². The van der Waals surface area contributed by atoms with Crippen LogP contribution in [0, 0.1) is 0 Å². The summed E-state index contributed by atoms with van der Waals surface area (Å²) in [6.45, 7) is 0.810. The fourth-order valence-corrected chi connectivity index (χ4v) is 1.88. The molecule has 0 unspecified atom stereocenters. The Bertz CT molecular complexity index is 404. The van der Waals surface area contributed by atoms with Crippen LogP contribution < -0.4 is 0 Å². The number of carbonyl (C=O) groups excluding carboxylic acids is 2. The number of rotatable bonds is 0. The van der Waals surface area contributed by atoms with Crippen molar-refractivity contribution >= 4 is 30.8 Å². The maximum Gasteiger partial charge on any atom is 0.339 e. The predicted molar refractivity (Wildman–Crippen MR) is 71.2 cm³/mol. The third-order valence-corrected chi connectivity index (χ3v) is 2.87. The van der Waals surface area contributed by atoms with Gasteiger partial charge in [0.1, 0.15) is 0 Å². The second kappa shape index (κ2) is 8.03. The summed E-state index contributed by atoms with van der Waals surface area (Å²) in [7, 11) is 0. The summed E-state index contributed by atoms with van der Waals surface area (Å²) in [5.41, 5.74) is 0.561. The Hall–Kier alpha value is -1.24. The molecule has 0 N–H and O–H groups in total. The van der Waals surface area contributed by atoms with Gasteiger partial charge in [-0.25, -0.2) is 9.59 Å². The molecular weight excluding hydrogens is 239 g/mol. The smallest absolute Gasteiger partial charge is 0.339 e. The van der Waals surface area contributed by atoms with Crippen molar-refractivity contribution in [1.82, 2.24) is 0 Å². The largest absolute Gasteiger partial charge is 0.462 e. The Morgan fingerprint density at radius 2 is 1.16 bits per heavy atom. The standard InChI is InChI=1S/C14H16O4.Li/c15-13-11-7-3-4-8-12(11)14(16)18-10-6-2-1-5-9-17-13;/h3-4,7-8H,1-2,5-6,9-10H2;. The van der Waals surface area contributed by atoms with Crippen LogP contribution in [0.1, 0.15) is 46.4 Å². The molecule has 0 saturated carbocycles. The number of hydrogen-bond acceptors (Lipinski definition) is 4. The topological polar surface area (TPSA) is 52.6 Å². The second-order valence-electron chi connectivity index (χ2n) is 4.23. The minimum absolute atomic E-state index is 0. The van der Waals surface area contributed by atoms with Crippen molar-refractivity contribution in [3.8, 4) is 0 Å². The molecule has 5 heteroatoms. The molecule has 19 heavy (non-hydrogen) atoms. The van der Waals surface area contributed by atoms with Gasteiger partial charge in [-0.3, -0.25) is 0 Å². The molecule has 1 heterocycles. The van der Waals surface area contributed by atoms with E-state index in [4.69, 9.17) is 9.47 Å². The first-order valence-electron chi connectivity index (χ1n) is 6.22. The van der Waals surface area contributed by atoms with E-state index in [9.17, 15) is 9.59 Å². The van der Waals surface area contributed by atoms with E-state index in [1.165, 1.54) is 0 Å². The van der Waals surface area contributed by atoms with Crippen LogP contribution in [0.15, 0.2) is 24.3 Å². The maximum absolute atomic E-state index is 11.8. The quantitative estimate of drug-likeness (QED) is 0.526. The van der Waals surface area contributed by atoms with Gasteiger partial charge in [0.25, 0.3) is 0 Å². The van der Waals surface area contributed by atoms with E-state index < -0.39 is 11.9 Å². The molecule has 0 aliphatic carbocycles. The van der Waals surface area contributed by atoms with Crippen LogP contribution in [0.25, 0.3) is 0 Å². The number of hydrogen-bond donors (Lipinski definition) is 0. The first-order valence-corrected chi connectivity index (χ1v) is 6.22. The van der Waals surface area contributed by atoms with E-state index in [1.54, 1.807) is 24.3 Å². The summed E-state index contributed by atoms with van der Waals surface area (Å²) < 4.78 is 10.3. The third-order valence-electron chi connectivity index (χ3n) is 2.87. The van der Waals surface area contributed by atoms with Crippen LogP contribution in [-0.2, 0) is 9.47 Å². The van der Waals surface area contributed by atoms with Gasteiger partial charge in [-0.2, -0.15) is 0 Å². The Kier molecular flexibility index (Phi) is 6.69. The minimum Gasteiger partial charge on any atom is -0.462 e. The normalized spacial score (nSPS) is 16.8. The van der Waals surface area contributed by atoms with Crippen LogP contribution >= 0.6 is 0 Å². The van der Waals surface area contributed by atoms with Crippen molar-refractivity contribution in [3.63, 3.8) is 0 Å². The summed E-state index contributed by atoms with van der Waals surface area (Å²) >= 11 is 0. The molecule has 0 bridgehead atoms. The Labute approximate surface area is 124 Å². The molecule has 0 saturated heterocycles. The van der Waals surface area contributed by atoms with Crippen molar-refractivity contribution in [3.05, 3.63) is 35.4 Å². The summed E-state index contributed by atoms with van der Waals surface area (Å²) in [5, 5.41) is 0. The average molecular weight is 255 g/mol. The van der Waals surface area contributed by atoms with Crippen LogP contribution in [-0.4, -0.2) is 44.0 Å². The molecule has 0 spiro atoms. The van der Waals surface area contributed by atoms with Crippen LogP contribution in [0.5, 0.6) is 0 Å². The predicted octanol–water partition coefficient (Wildman–Crippen LogP) is 2.19. The molecule has 4 nitrogen and oxygen atoms in total. The number of esters is 2. The van der Waals surface area contributed by atoms with Gasteiger partial charge in [-0.1, -0.05) is 12.1 Å². The van der Waals surface area contributed by atoms with Gasteiger partial charge in [0.2, 0.25) is 0 Å². The number of fused-ring (bicyclic) bond motifs is 1. The number of cyclic esters (lactones) is 2. The van der Waals surface area contributed by atoms with Crippen molar-refractivity contribution in [1.29, 1.82) is 0 Å². The zero-order valence-electron chi connectivity index (χ0n) is 11.2. The van der Waals surface area contributed by atoms with Gasteiger partial charge in [0, 0.05) is 18.9 Å². The Balaban J connectivity index is 0.00000180. The molecule has 1 aromatic rings. The average Bonchev–Trinajstić information content (AvgIpc) is 2.40. The zero-order chi connectivity index (χ0) is 12.8. The van der Waals surface area contributed by atoms with E-state index in [0.717, 1.165) is 25.7 Å². The molecule has 1 aliphatic heterocycles. The molecule has 0 atom stereocenters. The van der Waals surface area contributed by atoms with Crippen LogP contribution in [0.4, 0.5) is 0 Å².